The lowest BCUT2D eigenvalue weighted by molar-refractivity contribution is -0.104. The van der Waals surface area contributed by atoms with Crippen LogP contribution in [0.4, 0.5) is 0 Å². The van der Waals surface area contributed by atoms with Gasteiger partial charge in [-0.05, 0) is 60.0 Å². The Morgan fingerprint density at radius 1 is 0.971 bits per heavy atom. The van der Waals surface area contributed by atoms with E-state index in [-0.39, 0.29) is 17.2 Å². The van der Waals surface area contributed by atoms with E-state index in [1.165, 1.54) is 0 Å². The topological polar surface area (TPSA) is 54.0 Å². The van der Waals surface area contributed by atoms with Crippen molar-refractivity contribution in [2.75, 3.05) is 13.7 Å². The van der Waals surface area contributed by atoms with E-state index in [0.717, 1.165) is 35.7 Å². The molecule has 0 aliphatic carbocycles. The SMILES string of the molecule is CC[Si](CC)(CC)O[C@@H](COCc1ccc(OC)cc1)C[C@H](/C=C\C=O)O[Si](C)(C)C(C)(C)C. The molecule has 7 heteroatoms. The predicted molar refractivity (Wildman–Crippen MR) is 147 cm³/mol. The van der Waals surface area contributed by atoms with Gasteiger partial charge in [0, 0.05) is 6.42 Å². The molecule has 0 spiro atoms. The number of carbonyl (C=O) groups is 1. The molecule has 0 unspecified atom stereocenters. The van der Waals surface area contributed by atoms with Crippen molar-refractivity contribution >= 4 is 22.9 Å². The van der Waals surface area contributed by atoms with Gasteiger partial charge in [-0.3, -0.25) is 4.79 Å². The largest absolute Gasteiger partial charge is 0.497 e. The number of aldehydes is 1. The Morgan fingerprint density at radius 3 is 2.03 bits per heavy atom. The third-order valence-electron chi connectivity index (χ3n) is 7.23. The van der Waals surface area contributed by atoms with E-state index in [0.29, 0.717) is 19.6 Å². The van der Waals surface area contributed by atoms with E-state index < -0.39 is 16.6 Å². The summed E-state index contributed by atoms with van der Waals surface area (Å²) >= 11 is 0. The van der Waals surface area contributed by atoms with Crippen molar-refractivity contribution in [3.63, 3.8) is 0 Å². The molecule has 1 aromatic rings. The third kappa shape index (κ3) is 9.78. The van der Waals surface area contributed by atoms with Gasteiger partial charge in [-0.1, -0.05) is 59.8 Å². The lowest BCUT2D eigenvalue weighted by atomic mass is 10.1. The highest BCUT2D eigenvalue weighted by molar-refractivity contribution is 6.74. The zero-order valence-corrected chi connectivity index (χ0v) is 25.0. The lowest BCUT2D eigenvalue weighted by Gasteiger charge is -2.40. The molecule has 0 amide bonds. The second-order valence-corrected chi connectivity index (χ2v) is 20.0. The van der Waals surface area contributed by atoms with Crippen LogP contribution in [0.1, 0.15) is 53.5 Å². The molecule has 0 N–H and O–H groups in total. The van der Waals surface area contributed by atoms with E-state index in [1.54, 1.807) is 13.2 Å². The fourth-order valence-corrected chi connectivity index (χ4v) is 7.84. The van der Waals surface area contributed by atoms with E-state index >= 15 is 0 Å². The molecule has 0 radical (unpaired) electrons. The Balaban J connectivity index is 3.04. The van der Waals surface area contributed by atoms with Gasteiger partial charge in [-0.15, -0.1) is 0 Å². The molecular weight excluding hydrogens is 460 g/mol. The van der Waals surface area contributed by atoms with E-state index in [9.17, 15) is 4.79 Å². The minimum atomic E-state index is -2.03. The van der Waals surface area contributed by atoms with E-state index in [1.807, 2.05) is 30.3 Å². The molecule has 1 rings (SSSR count). The van der Waals surface area contributed by atoms with Crippen LogP contribution in [-0.2, 0) is 25.0 Å². The van der Waals surface area contributed by atoms with E-state index in [4.69, 9.17) is 18.3 Å². The summed E-state index contributed by atoms with van der Waals surface area (Å²) in [4.78, 5) is 11.1. The Morgan fingerprint density at radius 2 is 1.56 bits per heavy atom. The van der Waals surface area contributed by atoms with Gasteiger partial charge in [0.25, 0.3) is 0 Å². The number of benzene rings is 1. The smallest absolute Gasteiger partial charge is 0.192 e. The first-order valence-corrected chi connectivity index (χ1v) is 18.1. The first kappa shape index (κ1) is 30.8. The van der Waals surface area contributed by atoms with Crippen molar-refractivity contribution in [3.05, 3.63) is 42.0 Å². The molecule has 0 heterocycles. The molecule has 34 heavy (non-hydrogen) atoms. The van der Waals surface area contributed by atoms with Crippen molar-refractivity contribution in [3.8, 4) is 5.75 Å². The number of methoxy groups -OCH3 is 1. The number of ether oxygens (including phenoxy) is 2. The summed E-state index contributed by atoms with van der Waals surface area (Å²) in [5, 5.41) is 0.0796. The predicted octanol–water partition coefficient (Wildman–Crippen LogP) is 7.14. The second-order valence-electron chi connectivity index (χ2n) is 10.5. The average molecular weight is 509 g/mol. The molecule has 1 aromatic carbocycles. The number of allylic oxidation sites excluding steroid dienone is 1. The first-order valence-electron chi connectivity index (χ1n) is 12.6. The van der Waals surface area contributed by atoms with Crippen LogP contribution in [-0.4, -0.2) is 48.8 Å². The summed E-state index contributed by atoms with van der Waals surface area (Å²) in [7, 11) is -2.21. The Hall–Kier alpha value is -1.26. The highest BCUT2D eigenvalue weighted by atomic mass is 28.4. The average Bonchev–Trinajstić information content (AvgIpc) is 2.80. The van der Waals surface area contributed by atoms with Gasteiger partial charge < -0.3 is 18.3 Å². The molecule has 0 saturated heterocycles. The normalized spacial score (nSPS) is 14.9. The molecule has 2 atom stereocenters. The van der Waals surface area contributed by atoms with Crippen molar-refractivity contribution in [2.24, 2.45) is 0 Å². The van der Waals surface area contributed by atoms with E-state index in [2.05, 4.69) is 54.6 Å². The van der Waals surface area contributed by atoms with Crippen LogP contribution < -0.4 is 4.74 Å². The summed E-state index contributed by atoms with van der Waals surface area (Å²) in [6, 6.07) is 11.2. The zero-order valence-electron chi connectivity index (χ0n) is 23.0. The molecule has 5 nitrogen and oxygen atoms in total. The summed E-state index contributed by atoms with van der Waals surface area (Å²) in [5.41, 5.74) is 1.10. The van der Waals surface area contributed by atoms with Gasteiger partial charge in [-0.25, -0.2) is 0 Å². The molecule has 0 bridgehead atoms. The van der Waals surface area contributed by atoms with Crippen LogP contribution in [0.15, 0.2) is 36.4 Å². The highest BCUT2D eigenvalue weighted by Gasteiger charge is 2.40. The first-order chi connectivity index (χ1) is 16.0. The van der Waals surface area contributed by atoms with Crippen LogP contribution >= 0.6 is 0 Å². The van der Waals surface area contributed by atoms with Crippen LogP contribution in [0.3, 0.4) is 0 Å². The van der Waals surface area contributed by atoms with Gasteiger partial charge in [0.05, 0.1) is 32.5 Å². The Labute approximate surface area is 210 Å². The maximum Gasteiger partial charge on any atom is 0.192 e. The lowest BCUT2D eigenvalue weighted by Crippen LogP contribution is -2.46. The summed E-state index contributed by atoms with van der Waals surface area (Å²) < 4.78 is 25.0. The standard InChI is InChI=1S/C27H48O5Si2/c1-10-34(11-2,12-3)32-26(22-30-21-23-15-17-24(29-7)18-16-23)20-25(14-13-19-28)31-33(8,9)27(4,5)6/h13-19,25-26H,10-12,20-22H2,1-9H3/b14-13-/t25-,26+/m0/s1. The number of rotatable bonds is 16. The second kappa shape index (κ2) is 14.3. The molecule has 0 saturated carbocycles. The van der Waals surface area contributed by atoms with Crippen LogP contribution in [0, 0.1) is 0 Å². The fourth-order valence-electron chi connectivity index (χ4n) is 3.68. The summed E-state index contributed by atoms with van der Waals surface area (Å²) in [5.74, 6) is 0.835. The minimum absolute atomic E-state index is 0.0796. The maximum absolute atomic E-state index is 11.1. The summed E-state index contributed by atoms with van der Waals surface area (Å²) in [6.07, 6.45) is 4.67. The highest BCUT2D eigenvalue weighted by Crippen LogP contribution is 2.38. The van der Waals surface area contributed by atoms with Crippen molar-refractivity contribution in [2.45, 2.75) is 103 Å². The molecule has 194 valence electrons. The molecule has 0 aliphatic heterocycles. The minimum Gasteiger partial charge on any atom is -0.497 e. The quantitative estimate of drug-likeness (QED) is 0.135. The molecule has 0 fully saturated rings. The van der Waals surface area contributed by atoms with Crippen LogP contribution in [0.25, 0.3) is 0 Å². The molecular formula is C27H48O5Si2. The van der Waals surface area contributed by atoms with Gasteiger partial charge >= 0.3 is 0 Å². The number of hydrogen-bond acceptors (Lipinski definition) is 5. The van der Waals surface area contributed by atoms with Crippen molar-refractivity contribution in [1.82, 2.24) is 0 Å². The third-order valence-corrected chi connectivity index (χ3v) is 16.4. The molecule has 0 aromatic heterocycles. The maximum atomic E-state index is 11.1. The number of hydrogen-bond donors (Lipinski definition) is 0. The van der Waals surface area contributed by atoms with Crippen LogP contribution in [0.5, 0.6) is 5.75 Å². The Bertz CT molecular complexity index is 728. The fraction of sp³-hybridized carbons (Fsp3) is 0.667. The Kier molecular flexibility index (Phi) is 13.0. The zero-order chi connectivity index (χ0) is 25.8. The molecule has 0 aliphatic rings. The number of carbonyl (C=O) groups excluding carboxylic acids is 1. The van der Waals surface area contributed by atoms with Gasteiger partial charge in [-0.2, -0.15) is 0 Å². The van der Waals surface area contributed by atoms with Crippen molar-refractivity contribution < 1.29 is 23.1 Å². The van der Waals surface area contributed by atoms with Gasteiger partial charge in [0.2, 0.25) is 0 Å². The van der Waals surface area contributed by atoms with Gasteiger partial charge in [0.1, 0.15) is 12.0 Å². The van der Waals surface area contributed by atoms with Crippen LogP contribution in [0.2, 0.25) is 36.3 Å². The van der Waals surface area contributed by atoms with Gasteiger partial charge in [0.15, 0.2) is 16.6 Å². The monoisotopic (exact) mass is 508 g/mol. The van der Waals surface area contributed by atoms with Crippen molar-refractivity contribution in [1.29, 1.82) is 0 Å². The summed E-state index contributed by atoms with van der Waals surface area (Å²) in [6.45, 7) is 18.9.